The van der Waals surface area contributed by atoms with Crippen molar-refractivity contribution in [2.45, 2.75) is 51.9 Å². The number of aliphatic hydroxyl groups excluding tert-OH is 1. The lowest BCUT2D eigenvalue weighted by atomic mass is 10.0. The molecule has 0 bridgehead atoms. The second kappa shape index (κ2) is 12.7. The lowest BCUT2D eigenvalue weighted by Crippen LogP contribution is -2.10. The fourth-order valence-corrected chi connectivity index (χ4v) is 2.32. The smallest absolute Gasteiger partial charge is 0.122 e. The summed E-state index contributed by atoms with van der Waals surface area (Å²) < 4.78 is 11.0. The summed E-state index contributed by atoms with van der Waals surface area (Å²) in [7, 11) is 0. The van der Waals surface area contributed by atoms with Crippen molar-refractivity contribution in [1.82, 2.24) is 0 Å². The maximum absolute atomic E-state index is 8.64. The molecule has 0 aliphatic heterocycles. The minimum absolute atomic E-state index is 0.0641. The van der Waals surface area contributed by atoms with Crippen LogP contribution in [0.2, 0.25) is 0 Å². The van der Waals surface area contributed by atoms with Gasteiger partial charge in [0.05, 0.1) is 19.8 Å². The SMILES string of the molecule is CCCCCCCCc1ccccc1OCCOCCO. The highest BCUT2D eigenvalue weighted by Crippen LogP contribution is 2.20. The predicted octanol–water partition coefficient (Wildman–Crippen LogP) is 3.98. The Morgan fingerprint density at radius 1 is 0.905 bits per heavy atom. The second-order valence-electron chi connectivity index (χ2n) is 5.31. The lowest BCUT2D eigenvalue weighted by molar-refractivity contribution is 0.0703. The van der Waals surface area contributed by atoms with E-state index in [0.717, 1.165) is 12.2 Å². The Hall–Kier alpha value is -1.06. The molecule has 0 saturated carbocycles. The predicted molar refractivity (Wildman–Crippen MR) is 86.9 cm³/mol. The summed E-state index contributed by atoms with van der Waals surface area (Å²) in [5.41, 5.74) is 1.29. The first-order chi connectivity index (χ1) is 10.4. The van der Waals surface area contributed by atoms with E-state index in [0.29, 0.717) is 19.8 Å². The van der Waals surface area contributed by atoms with Crippen molar-refractivity contribution >= 4 is 0 Å². The fourth-order valence-electron chi connectivity index (χ4n) is 2.32. The number of aryl methyl sites for hydroxylation is 1. The van der Waals surface area contributed by atoms with Crippen LogP contribution in [0.25, 0.3) is 0 Å². The van der Waals surface area contributed by atoms with Gasteiger partial charge in [0.25, 0.3) is 0 Å². The number of hydrogen-bond acceptors (Lipinski definition) is 3. The van der Waals surface area contributed by atoms with Crippen LogP contribution in [0.5, 0.6) is 5.75 Å². The van der Waals surface area contributed by atoms with Crippen molar-refractivity contribution < 1.29 is 14.6 Å². The molecule has 120 valence electrons. The van der Waals surface area contributed by atoms with E-state index >= 15 is 0 Å². The van der Waals surface area contributed by atoms with Crippen molar-refractivity contribution in [3.05, 3.63) is 29.8 Å². The quantitative estimate of drug-likeness (QED) is 0.559. The molecule has 0 saturated heterocycles. The maximum Gasteiger partial charge on any atom is 0.122 e. The number of benzene rings is 1. The highest BCUT2D eigenvalue weighted by Gasteiger charge is 2.03. The van der Waals surface area contributed by atoms with E-state index in [9.17, 15) is 0 Å². The number of aliphatic hydroxyl groups is 1. The highest BCUT2D eigenvalue weighted by atomic mass is 16.5. The van der Waals surface area contributed by atoms with Gasteiger partial charge >= 0.3 is 0 Å². The van der Waals surface area contributed by atoms with Gasteiger partial charge in [-0.2, -0.15) is 0 Å². The molecule has 0 aromatic heterocycles. The van der Waals surface area contributed by atoms with Crippen LogP contribution in [-0.4, -0.2) is 31.5 Å². The van der Waals surface area contributed by atoms with Crippen molar-refractivity contribution in [2.24, 2.45) is 0 Å². The Morgan fingerprint density at radius 3 is 2.48 bits per heavy atom. The molecule has 0 heterocycles. The number of hydrogen-bond donors (Lipinski definition) is 1. The van der Waals surface area contributed by atoms with Crippen molar-refractivity contribution in [2.75, 3.05) is 26.4 Å². The highest BCUT2D eigenvalue weighted by molar-refractivity contribution is 5.33. The molecule has 0 amide bonds. The molecule has 0 spiro atoms. The summed E-state index contributed by atoms with van der Waals surface area (Å²) in [5.74, 6) is 0.971. The normalized spacial score (nSPS) is 10.8. The fraction of sp³-hybridized carbons (Fsp3) is 0.667. The standard InChI is InChI=1S/C18H30O3/c1-2-3-4-5-6-7-10-17-11-8-9-12-18(17)21-16-15-20-14-13-19/h8-9,11-12,19H,2-7,10,13-16H2,1H3. The van der Waals surface area contributed by atoms with Gasteiger partial charge < -0.3 is 14.6 Å². The molecule has 1 N–H and O–H groups in total. The number of ether oxygens (including phenoxy) is 2. The molecular weight excluding hydrogens is 264 g/mol. The van der Waals surface area contributed by atoms with Crippen molar-refractivity contribution in [1.29, 1.82) is 0 Å². The Labute approximate surface area is 129 Å². The molecular formula is C18H30O3. The van der Waals surface area contributed by atoms with Crippen LogP contribution in [0.15, 0.2) is 24.3 Å². The van der Waals surface area contributed by atoms with E-state index in [4.69, 9.17) is 14.6 Å². The van der Waals surface area contributed by atoms with Crippen LogP contribution >= 0.6 is 0 Å². The molecule has 3 nitrogen and oxygen atoms in total. The zero-order chi connectivity index (χ0) is 15.2. The molecule has 0 atom stereocenters. The second-order valence-corrected chi connectivity index (χ2v) is 5.31. The van der Waals surface area contributed by atoms with Crippen LogP contribution < -0.4 is 4.74 Å². The Bertz CT molecular complexity index is 352. The molecule has 1 rings (SSSR count). The Kier molecular flexibility index (Phi) is 10.8. The summed E-state index contributed by atoms with van der Waals surface area (Å²) in [6.45, 7) is 3.74. The van der Waals surface area contributed by atoms with Gasteiger partial charge in [-0.1, -0.05) is 57.2 Å². The lowest BCUT2D eigenvalue weighted by Gasteiger charge is -2.11. The van der Waals surface area contributed by atoms with Crippen LogP contribution in [-0.2, 0) is 11.2 Å². The number of unbranched alkanes of at least 4 members (excludes halogenated alkanes) is 5. The third kappa shape index (κ3) is 8.74. The monoisotopic (exact) mass is 294 g/mol. The first kappa shape index (κ1) is 18.0. The molecule has 1 aromatic carbocycles. The van der Waals surface area contributed by atoms with Gasteiger partial charge in [0.15, 0.2) is 0 Å². The van der Waals surface area contributed by atoms with Crippen LogP contribution in [0, 0.1) is 0 Å². The average molecular weight is 294 g/mol. The van der Waals surface area contributed by atoms with E-state index in [1.807, 2.05) is 12.1 Å². The van der Waals surface area contributed by atoms with Crippen molar-refractivity contribution in [3.8, 4) is 5.75 Å². The molecule has 0 radical (unpaired) electrons. The Balaban J connectivity index is 2.23. The molecule has 21 heavy (non-hydrogen) atoms. The zero-order valence-electron chi connectivity index (χ0n) is 13.4. The van der Waals surface area contributed by atoms with Gasteiger partial charge in [-0.05, 0) is 24.5 Å². The Morgan fingerprint density at radius 2 is 1.67 bits per heavy atom. The van der Waals surface area contributed by atoms with Gasteiger partial charge in [-0.25, -0.2) is 0 Å². The summed E-state index contributed by atoms with van der Waals surface area (Å²) in [4.78, 5) is 0. The minimum Gasteiger partial charge on any atom is -0.491 e. The summed E-state index contributed by atoms with van der Waals surface area (Å²) >= 11 is 0. The van der Waals surface area contributed by atoms with Crippen molar-refractivity contribution in [3.63, 3.8) is 0 Å². The molecule has 0 aliphatic carbocycles. The molecule has 1 aromatic rings. The average Bonchev–Trinajstić information content (AvgIpc) is 2.52. The van der Waals surface area contributed by atoms with E-state index in [2.05, 4.69) is 19.1 Å². The summed E-state index contributed by atoms with van der Waals surface area (Å²) in [5, 5.41) is 8.64. The maximum atomic E-state index is 8.64. The topological polar surface area (TPSA) is 38.7 Å². The van der Waals surface area contributed by atoms with Crippen LogP contribution in [0.3, 0.4) is 0 Å². The van der Waals surface area contributed by atoms with Gasteiger partial charge in [0.1, 0.15) is 12.4 Å². The third-order valence-electron chi connectivity index (χ3n) is 3.49. The third-order valence-corrected chi connectivity index (χ3v) is 3.49. The van der Waals surface area contributed by atoms with E-state index < -0.39 is 0 Å². The molecule has 3 heteroatoms. The summed E-state index contributed by atoms with van der Waals surface area (Å²) in [6.07, 6.45) is 8.96. The van der Waals surface area contributed by atoms with Gasteiger partial charge in [-0.15, -0.1) is 0 Å². The van der Waals surface area contributed by atoms with Gasteiger partial charge in [0, 0.05) is 0 Å². The van der Waals surface area contributed by atoms with Gasteiger partial charge in [-0.3, -0.25) is 0 Å². The minimum atomic E-state index is 0.0641. The van der Waals surface area contributed by atoms with E-state index in [1.54, 1.807) is 0 Å². The first-order valence-electron chi connectivity index (χ1n) is 8.27. The van der Waals surface area contributed by atoms with E-state index in [1.165, 1.54) is 44.1 Å². The van der Waals surface area contributed by atoms with E-state index in [-0.39, 0.29) is 6.61 Å². The molecule has 0 unspecified atom stereocenters. The first-order valence-corrected chi connectivity index (χ1v) is 8.27. The molecule has 0 aliphatic rings. The van der Waals surface area contributed by atoms with Gasteiger partial charge in [0.2, 0.25) is 0 Å². The number of para-hydroxylation sites is 1. The molecule has 0 fully saturated rings. The largest absolute Gasteiger partial charge is 0.491 e. The van der Waals surface area contributed by atoms with Crippen LogP contribution in [0.1, 0.15) is 51.0 Å². The van der Waals surface area contributed by atoms with Crippen LogP contribution in [0.4, 0.5) is 0 Å². The zero-order valence-corrected chi connectivity index (χ0v) is 13.4. The number of rotatable bonds is 13. The summed E-state index contributed by atoms with van der Waals surface area (Å²) in [6, 6.07) is 8.25.